The minimum Gasteiger partial charge on any atom is -0.0699 e. The topological polar surface area (TPSA) is 0 Å². The molecule has 0 N–H and O–H groups in total. The van der Waals surface area contributed by atoms with Crippen LogP contribution in [0.1, 0.15) is 43.2 Å². The summed E-state index contributed by atoms with van der Waals surface area (Å²) in [5, 5.41) is 0. The van der Waals surface area contributed by atoms with Gasteiger partial charge in [-0.2, -0.15) is 0 Å². The van der Waals surface area contributed by atoms with Crippen molar-refractivity contribution < 1.29 is 0 Å². The van der Waals surface area contributed by atoms with Gasteiger partial charge in [0.2, 0.25) is 0 Å². The SMILES string of the molecule is CCC1CCCc2cc#ccc21. The van der Waals surface area contributed by atoms with Gasteiger partial charge in [-0.15, -0.1) is 0 Å². The Morgan fingerprint density at radius 3 is 3.08 bits per heavy atom. The van der Waals surface area contributed by atoms with Gasteiger partial charge in [0.05, 0.1) is 0 Å². The molecule has 0 spiro atoms. The van der Waals surface area contributed by atoms with E-state index in [0.717, 1.165) is 5.92 Å². The molecule has 1 aromatic carbocycles. The number of aryl methyl sites for hydroxylation is 1. The van der Waals surface area contributed by atoms with Gasteiger partial charge in [-0.3, -0.25) is 0 Å². The maximum absolute atomic E-state index is 3.06. The Balaban J connectivity index is 2.37. The van der Waals surface area contributed by atoms with Crippen molar-refractivity contribution in [2.45, 2.75) is 38.5 Å². The van der Waals surface area contributed by atoms with E-state index in [1.54, 1.807) is 0 Å². The van der Waals surface area contributed by atoms with Crippen LogP contribution in [0.5, 0.6) is 0 Å². The lowest BCUT2D eigenvalue weighted by atomic mass is 9.82. The molecule has 0 saturated heterocycles. The predicted octanol–water partition coefficient (Wildman–Crippen LogP) is 3.12. The summed E-state index contributed by atoms with van der Waals surface area (Å²) in [6.45, 7) is 2.27. The zero-order valence-corrected chi connectivity index (χ0v) is 7.56. The lowest BCUT2D eigenvalue weighted by Gasteiger charge is -2.22. The first-order valence-electron chi connectivity index (χ1n) is 4.82. The maximum Gasteiger partial charge on any atom is -0.00774 e. The summed E-state index contributed by atoms with van der Waals surface area (Å²) < 4.78 is 0. The van der Waals surface area contributed by atoms with E-state index >= 15 is 0 Å². The van der Waals surface area contributed by atoms with E-state index in [-0.39, 0.29) is 0 Å². The molecule has 1 aromatic rings. The Bertz CT molecular complexity index is 262. The van der Waals surface area contributed by atoms with Crippen LogP contribution >= 0.6 is 0 Å². The second kappa shape index (κ2) is 3.19. The molecule has 1 aliphatic rings. The van der Waals surface area contributed by atoms with Gasteiger partial charge in [0.25, 0.3) is 0 Å². The fourth-order valence-electron chi connectivity index (χ4n) is 2.14. The molecule has 0 aromatic heterocycles. The average Bonchev–Trinajstić information content (AvgIpc) is 2.17. The summed E-state index contributed by atoms with van der Waals surface area (Å²) in [6.07, 6.45) is 5.23. The number of hydrogen-bond acceptors (Lipinski definition) is 0. The molecule has 0 bridgehead atoms. The molecule has 62 valence electrons. The van der Waals surface area contributed by atoms with Crippen LogP contribution in [0.2, 0.25) is 0 Å². The van der Waals surface area contributed by atoms with Crippen molar-refractivity contribution in [3.05, 3.63) is 35.4 Å². The van der Waals surface area contributed by atoms with E-state index in [9.17, 15) is 0 Å². The van der Waals surface area contributed by atoms with Crippen molar-refractivity contribution in [1.82, 2.24) is 0 Å². The molecule has 0 saturated carbocycles. The fraction of sp³-hybridized carbons (Fsp3) is 0.500. The van der Waals surface area contributed by atoms with E-state index in [2.05, 4.69) is 31.2 Å². The molecule has 0 aliphatic heterocycles. The Hall–Kier alpha value is -0.960. The highest BCUT2D eigenvalue weighted by Gasteiger charge is 2.17. The highest BCUT2D eigenvalue weighted by molar-refractivity contribution is 5.29. The van der Waals surface area contributed by atoms with Crippen molar-refractivity contribution in [1.29, 1.82) is 0 Å². The summed E-state index contributed by atoms with van der Waals surface area (Å²) in [7, 11) is 0. The summed E-state index contributed by atoms with van der Waals surface area (Å²) in [5.74, 6) is 0.791. The zero-order chi connectivity index (χ0) is 8.39. The van der Waals surface area contributed by atoms with Crippen LogP contribution in [0.25, 0.3) is 0 Å². The highest BCUT2D eigenvalue weighted by atomic mass is 14.2. The standard InChI is InChI=1S/C12H14/c1-2-10-7-5-8-11-6-3-4-9-12(10)11/h6,9-10H,2,5,7-8H2,1H3. The van der Waals surface area contributed by atoms with Gasteiger partial charge in [-0.05, 0) is 54.9 Å². The molecule has 0 radical (unpaired) electrons. The molecule has 2 rings (SSSR count). The van der Waals surface area contributed by atoms with E-state index in [1.165, 1.54) is 36.8 Å². The molecular weight excluding hydrogens is 144 g/mol. The van der Waals surface area contributed by atoms with Crippen molar-refractivity contribution in [2.75, 3.05) is 0 Å². The molecule has 1 aliphatic carbocycles. The Labute approximate surface area is 74.6 Å². The van der Waals surface area contributed by atoms with Gasteiger partial charge in [0.1, 0.15) is 0 Å². The van der Waals surface area contributed by atoms with Gasteiger partial charge < -0.3 is 0 Å². The Morgan fingerprint density at radius 2 is 2.25 bits per heavy atom. The second-order valence-electron chi connectivity index (χ2n) is 3.56. The third-order valence-electron chi connectivity index (χ3n) is 2.86. The molecule has 0 heteroatoms. The first-order valence-corrected chi connectivity index (χ1v) is 4.82. The highest BCUT2D eigenvalue weighted by Crippen LogP contribution is 2.32. The van der Waals surface area contributed by atoms with Crippen molar-refractivity contribution >= 4 is 0 Å². The largest absolute Gasteiger partial charge is 0.0699 e. The second-order valence-corrected chi connectivity index (χ2v) is 3.56. The molecule has 0 amide bonds. The van der Waals surface area contributed by atoms with Crippen LogP contribution in [0, 0.1) is 12.1 Å². The Kier molecular flexibility index (Phi) is 2.04. The molecule has 1 unspecified atom stereocenters. The van der Waals surface area contributed by atoms with Crippen LogP contribution < -0.4 is 0 Å². The van der Waals surface area contributed by atoms with Crippen LogP contribution in [0.15, 0.2) is 12.1 Å². The average molecular weight is 158 g/mol. The minimum atomic E-state index is 0.791. The quantitative estimate of drug-likeness (QED) is 0.589. The number of fused-ring (bicyclic) bond motifs is 1. The predicted molar refractivity (Wildman–Crippen MR) is 50.1 cm³/mol. The first kappa shape index (κ1) is 7.68. The molecule has 1 atom stereocenters. The van der Waals surface area contributed by atoms with Gasteiger partial charge in [0, 0.05) is 0 Å². The third-order valence-corrected chi connectivity index (χ3v) is 2.86. The summed E-state index contributed by atoms with van der Waals surface area (Å²) in [5.41, 5.74) is 3.04. The van der Waals surface area contributed by atoms with E-state index < -0.39 is 0 Å². The van der Waals surface area contributed by atoms with Crippen LogP contribution in [0.4, 0.5) is 0 Å². The van der Waals surface area contributed by atoms with Gasteiger partial charge in [-0.1, -0.05) is 19.1 Å². The van der Waals surface area contributed by atoms with Crippen LogP contribution in [-0.2, 0) is 6.42 Å². The summed E-state index contributed by atoms with van der Waals surface area (Å²) in [6, 6.07) is 10.3. The van der Waals surface area contributed by atoms with Crippen molar-refractivity contribution in [3.63, 3.8) is 0 Å². The maximum atomic E-state index is 3.06. The molecular formula is C12H14. The molecule has 0 fully saturated rings. The Morgan fingerprint density at radius 1 is 1.42 bits per heavy atom. The lowest BCUT2D eigenvalue weighted by Crippen LogP contribution is -2.07. The molecule has 12 heavy (non-hydrogen) atoms. The normalized spacial score (nSPS) is 21.2. The summed E-state index contributed by atoms with van der Waals surface area (Å²) in [4.78, 5) is 0. The van der Waals surface area contributed by atoms with Gasteiger partial charge in [-0.25, -0.2) is 0 Å². The van der Waals surface area contributed by atoms with Gasteiger partial charge >= 0.3 is 0 Å². The van der Waals surface area contributed by atoms with Crippen LogP contribution in [-0.4, -0.2) is 0 Å². The molecule has 0 nitrogen and oxygen atoms in total. The fourth-order valence-corrected chi connectivity index (χ4v) is 2.14. The smallest absolute Gasteiger partial charge is 0.00774 e. The third kappa shape index (κ3) is 1.20. The van der Waals surface area contributed by atoms with E-state index in [4.69, 9.17) is 0 Å². The molecule has 0 heterocycles. The zero-order valence-electron chi connectivity index (χ0n) is 7.56. The number of hydrogen-bond donors (Lipinski definition) is 0. The lowest BCUT2D eigenvalue weighted by molar-refractivity contribution is 0.540. The monoisotopic (exact) mass is 158 g/mol. The summed E-state index contributed by atoms with van der Waals surface area (Å²) >= 11 is 0. The first-order chi connectivity index (χ1) is 5.92. The van der Waals surface area contributed by atoms with Gasteiger partial charge in [0.15, 0.2) is 0 Å². The number of rotatable bonds is 1. The van der Waals surface area contributed by atoms with E-state index in [1.807, 2.05) is 0 Å². The van der Waals surface area contributed by atoms with Crippen molar-refractivity contribution in [3.8, 4) is 0 Å². The van der Waals surface area contributed by atoms with Crippen molar-refractivity contribution in [2.24, 2.45) is 0 Å². The van der Waals surface area contributed by atoms with E-state index in [0.29, 0.717) is 0 Å². The minimum absolute atomic E-state index is 0.791. The van der Waals surface area contributed by atoms with Crippen LogP contribution in [0.3, 0.4) is 0 Å².